The number of aliphatic hydroxyl groups excluding tert-OH is 1. The van der Waals surface area contributed by atoms with Crippen LogP contribution in [0.25, 0.3) is 0 Å². The Morgan fingerprint density at radius 1 is 1.50 bits per heavy atom. The van der Waals surface area contributed by atoms with Crippen molar-refractivity contribution in [3.8, 4) is 0 Å². The zero-order valence-corrected chi connectivity index (χ0v) is 10.6. The first-order valence-corrected chi connectivity index (χ1v) is 6.56. The fourth-order valence-electron chi connectivity index (χ4n) is 1.54. The van der Waals surface area contributed by atoms with Gasteiger partial charge in [0.1, 0.15) is 0 Å². The molecule has 0 aliphatic carbocycles. The van der Waals surface area contributed by atoms with Crippen molar-refractivity contribution in [2.45, 2.75) is 12.5 Å². The topological polar surface area (TPSA) is 62.2 Å². The second kappa shape index (κ2) is 6.28. The molecule has 2 N–H and O–H groups in total. The summed E-state index contributed by atoms with van der Waals surface area (Å²) < 4.78 is 0. The molecule has 1 atom stereocenters. The van der Waals surface area contributed by atoms with E-state index >= 15 is 0 Å². The molecule has 0 aromatic carbocycles. The van der Waals surface area contributed by atoms with Crippen LogP contribution in [0.3, 0.4) is 0 Å². The van der Waals surface area contributed by atoms with Gasteiger partial charge < -0.3 is 10.4 Å². The molecule has 1 amide bonds. The monoisotopic (exact) mass is 262 g/mol. The minimum Gasteiger partial charge on any atom is -0.387 e. The molecule has 2 heterocycles. The minimum atomic E-state index is -0.644. The van der Waals surface area contributed by atoms with Gasteiger partial charge in [0, 0.05) is 18.9 Å². The minimum absolute atomic E-state index is 0.114. The van der Waals surface area contributed by atoms with Gasteiger partial charge in [-0.05, 0) is 34.0 Å². The Hall–Kier alpha value is -1.72. The van der Waals surface area contributed by atoms with Crippen molar-refractivity contribution in [2.24, 2.45) is 0 Å². The zero-order valence-electron chi connectivity index (χ0n) is 9.74. The van der Waals surface area contributed by atoms with E-state index in [0.717, 1.165) is 11.1 Å². The highest BCUT2D eigenvalue weighted by atomic mass is 32.1. The average molecular weight is 262 g/mol. The number of carbonyl (C=O) groups excluding carboxylic acids is 1. The van der Waals surface area contributed by atoms with Gasteiger partial charge in [-0.1, -0.05) is 6.07 Å². The Labute approximate surface area is 109 Å². The number of hydrogen-bond acceptors (Lipinski definition) is 4. The Morgan fingerprint density at radius 2 is 2.39 bits per heavy atom. The molecule has 0 saturated heterocycles. The van der Waals surface area contributed by atoms with Crippen LogP contribution in [0.2, 0.25) is 0 Å². The first-order valence-electron chi connectivity index (χ1n) is 5.61. The van der Waals surface area contributed by atoms with Crippen molar-refractivity contribution < 1.29 is 9.90 Å². The molecule has 0 aliphatic rings. The maximum Gasteiger partial charge on any atom is 0.224 e. The molecule has 4 nitrogen and oxygen atoms in total. The highest BCUT2D eigenvalue weighted by Crippen LogP contribution is 2.14. The lowest BCUT2D eigenvalue weighted by atomic mass is 10.2. The zero-order chi connectivity index (χ0) is 12.8. The largest absolute Gasteiger partial charge is 0.387 e. The molecule has 94 valence electrons. The summed E-state index contributed by atoms with van der Waals surface area (Å²) in [6.07, 6.45) is 2.97. The number of aliphatic hydroxyl groups is 1. The predicted octanol–water partition coefficient (Wildman–Crippen LogP) is 1.54. The highest BCUT2D eigenvalue weighted by Gasteiger charge is 2.10. The molecule has 2 aromatic heterocycles. The lowest BCUT2D eigenvalue weighted by Crippen LogP contribution is -2.29. The first kappa shape index (κ1) is 12.7. The molecule has 0 spiro atoms. The third kappa shape index (κ3) is 3.65. The van der Waals surface area contributed by atoms with Crippen LogP contribution in [0.15, 0.2) is 41.4 Å². The molecule has 2 aromatic rings. The van der Waals surface area contributed by atoms with Gasteiger partial charge in [-0.25, -0.2) is 0 Å². The maximum atomic E-state index is 11.6. The van der Waals surface area contributed by atoms with Crippen molar-refractivity contribution in [3.63, 3.8) is 0 Å². The second-order valence-electron chi connectivity index (χ2n) is 3.91. The highest BCUT2D eigenvalue weighted by molar-refractivity contribution is 7.07. The van der Waals surface area contributed by atoms with Crippen molar-refractivity contribution in [1.82, 2.24) is 10.3 Å². The molecule has 0 aliphatic heterocycles. The summed E-state index contributed by atoms with van der Waals surface area (Å²) in [5.74, 6) is -0.114. The van der Waals surface area contributed by atoms with Gasteiger partial charge >= 0.3 is 0 Å². The maximum absolute atomic E-state index is 11.6. The van der Waals surface area contributed by atoms with Gasteiger partial charge in [0.25, 0.3) is 0 Å². The Kier molecular flexibility index (Phi) is 4.44. The van der Waals surface area contributed by atoms with Gasteiger partial charge in [0.15, 0.2) is 0 Å². The summed E-state index contributed by atoms with van der Waals surface area (Å²) in [5.41, 5.74) is 1.70. The van der Waals surface area contributed by atoms with Crippen LogP contribution in [0, 0.1) is 0 Å². The lowest BCUT2D eigenvalue weighted by Gasteiger charge is -2.10. The normalized spacial score (nSPS) is 12.1. The fourth-order valence-corrected chi connectivity index (χ4v) is 2.25. The fraction of sp³-hybridized carbons (Fsp3) is 0.231. The Balaban J connectivity index is 1.79. The molecule has 0 radical (unpaired) electrons. The van der Waals surface area contributed by atoms with Crippen molar-refractivity contribution >= 4 is 17.2 Å². The van der Waals surface area contributed by atoms with Crippen LogP contribution in [-0.2, 0) is 11.2 Å². The van der Waals surface area contributed by atoms with Crippen LogP contribution in [0.5, 0.6) is 0 Å². The van der Waals surface area contributed by atoms with Crippen LogP contribution in [0.4, 0.5) is 0 Å². The van der Waals surface area contributed by atoms with E-state index in [-0.39, 0.29) is 18.9 Å². The molecule has 0 bridgehead atoms. The predicted molar refractivity (Wildman–Crippen MR) is 70.2 cm³/mol. The number of pyridine rings is 1. The van der Waals surface area contributed by atoms with Crippen LogP contribution in [-0.4, -0.2) is 22.5 Å². The number of hydrogen-bond donors (Lipinski definition) is 2. The summed E-state index contributed by atoms with van der Waals surface area (Å²) in [6.45, 7) is 0.232. The van der Waals surface area contributed by atoms with Crippen molar-refractivity contribution in [2.75, 3.05) is 6.54 Å². The smallest absolute Gasteiger partial charge is 0.224 e. The third-order valence-corrected chi connectivity index (χ3v) is 3.21. The van der Waals surface area contributed by atoms with E-state index in [1.165, 1.54) is 11.3 Å². The molecule has 0 saturated carbocycles. The molecule has 5 heteroatoms. The van der Waals surface area contributed by atoms with E-state index in [0.29, 0.717) is 0 Å². The van der Waals surface area contributed by atoms with Crippen molar-refractivity contribution in [3.05, 3.63) is 52.5 Å². The van der Waals surface area contributed by atoms with Crippen LogP contribution in [0.1, 0.15) is 17.2 Å². The van der Waals surface area contributed by atoms with Gasteiger partial charge in [-0.15, -0.1) is 0 Å². The van der Waals surface area contributed by atoms with Crippen molar-refractivity contribution in [1.29, 1.82) is 0 Å². The van der Waals surface area contributed by atoms with E-state index in [1.54, 1.807) is 18.5 Å². The number of amides is 1. The molecule has 1 unspecified atom stereocenters. The SMILES string of the molecule is O=C(Cc1cccnc1)NCC(O)c1ccsc1. The van der Waals surface area contributed by atoms with E-state index in [9.17, 15) is 9.90 Å². The molecule has 0 fully saturated rings. The van der Waals surface area contributed by atoms with Gasteiger partial charge in [0.2, 0.25) is 5.91 Å². The Bertz CT molecular complexity index is 485. The molecular weight excluding hydrogens is 248 g/mol. The van der Waals surface area contributed by atoms with E-state index in [4.69, 9.17) is 0 Å². The second-order valence-corrected chi connectivity index (χ2v) is 4.69. The standard InChI is InChI=1S/C13H14N2O2S/c16-12(11-3-5-18-9-11)8-15-13(17)6-10-2-1-4-14-7-10/h1-5,7,9,12,16H,6,8H2,(H,15,17). The summed E-state index contributed by atoms with van der Waals surface area (Å²) in [5, 5.41) is 16.3. The number of nitrogens with zero attached hydrogens (tertiary/aromatic N) is 1. The van der Waals surface area contributed by atoms with Crippen LogP contribution >= 0.6 is 11.3 Å². The van der Waals surface area contributed by atoms with Gasteiger partial charge in [-0.2, -0.15) is 11.3 Å². The molecule has 18 heavy (non-hydrogen) atoms. The quantitative estimate of drug-likeness (QED) is 0.859. The van der Waals surface area contributed by atoms with Gasteiger partial charge in [0.05, 0.1) is 12.5 Å². The summed E-state index contributed by atoms with van der Waals surface area (Å²) >= 11 is 1.52. The third-order valence-electron chi connectivity index (χ3n) is 2.51. The number of nitrogens with one attached hydrogen (secondary N) is 1. The lowest BCUT2D eigenvalue weighted by molar-refractivity contribution is -0.120. The van der Waals surface area contributed by atoms with Crippen LogP contribution < -0.4 is 5.32 Å². The molecular formula is C13H14N2O2S. The number of rotatable bonds is 5. The summed E-state index contributed by atoms with van der Waals surface area (Å²) in [7, 11) is 0. The summed E-state index contributed by atoms with van der Waals surface area (Å²) in [4.78, 5) is 15.6. The Morgan fingerprint density at radius 3 is 3.06 bits per heavy atom. The van der Waals surface area contributed by atoms with E-state index in [2.05, 4.69) is 10.3 Å². The first-order chi connectivity index (χ1) is 8.75. The summed E-state index contributed by atoms with van der Waals surface area (Å²) in [6, 6.07) is 5.49. The molecule has 2 rings (SSSR count). The average Bonchev–Trinajstić information content (AvgIpc) is 2.91. The number of carbonyl (C=O) groups is 1. The van der Waals surface area contributed by atoms with E-state index in [1.807, 2.05) is 22.9 Å². The number of aromatic nitrogens is 1. The number of thiophene rings is 1. The van der Waals surface area contributed by atoms with Gasteiger partial charge in [-0.3, -0.25) is 9.78 Å². The van der Waals surface area contributed by atoms with E-state index < -0.39 is 6.10 Å².